The minimum Gasteiger partial charge on any atom is -0.465 e. The Balaban J connectivity index is 2.22. The van der Waals surface area contributed by atoms with Crippen molar-refractivity contribution in [1.29, 1.82) is 5.26 Å². The summed E-state index contributed by atoms with van der Waals surface area (Å²) in [6.45, 7) is 1.97. The molecular formula is C14H14N2O3S. The van der Waals surface area contributed by atoms with Gasteiger partial charge in [0.25, 0.3) is 0 Å². The molecule has 0 radical (unpaired) electrons. The van der Waals surface area contributed by atoms with Crippen molar-refractivity contribution in [2.45, 2.75) is 18.4 Å². The second-order valence-electron chi connectivity index (χ2n) is 4.41. The van der Waals surface area contributed by atoms with E-state index in [9.17, 15) is 8.42 Å². The number of benzene rings is 1. The minimum atomic E-state index is -3.59. The van der Waals surface area contributed by atoms with Crippen LogP contribution in [0.4, 0.5) is 0 Å². The summed E-state index contributed by atoms with van der Waals surface area (Å²) >= 11 is 0. The first-order valence-electron chi connectivity index (χ1n) is 5.95. The molecule has 2 aromatic rings. The van der Waals surface area contributed by atoms with Crippen LogP contribution in [0.2, 0.25) is 0 Å². The van der Waals surface area contributed by atoms with Gasteiger partial charge in [-0.25, -0.2) is 8.42 Å². The second-order valence-corrected chi connectivity index (χ2v) is 6.45. The summed E-state index contributed by atoms with van der Waals surface area (Å²) in [5, 5.41) is 8.72. The van der Waals surface area contributed by atoms with E-state index in [4.69, 9.17) is 9.68 Å². The van der Waals surface area contributed by atoms with Crippen LogP contribution >= 0.6 is 0 Å². The van der Waals surface area contributed by atoms with Gasteiger partial charge in [-0.2, -0.15) is 9.57 Å². The van der Waals surface area contributed by atoms with Crippen molar-refractivity contribution in [2.75, 3.05) is 7.05 Å². The Labute approximate surface area is 118 Å². The summed E-state index contributed by atoms with van der Waals surface area (Å²) in [7, 11) is -2.10. The van der Waals surface area contributed by atoms with E-state index in [1.54, 1.807) is 19.1 Å². The predicted molar refractivity (Wildman–Crippen MR) is 73.3 cm³/mol. The first-order chi connectivity index (χ1) is 9.43. The zero-order valence-electron chi connectivity index (χ0n) is 11.2. The second kappa shape index (κ2) is 5.49. The fourth-order valence-electron chi connectivity index (χ4n) is 1.76. The molecule has 0 atom stereocenters. The number of nitrogens with zero attached hydrogens (tertiary/aromatic N) is 2. The van der Waals surface area contributed by atoms with E-state index in [0.29, 0.717) is 11.3 Å². The third kappa shape index (κ3) is 2.90. The van der Waals surface area contributed by atoms with E-state index in [-0.39, 0.29) is 11.4 Å². The normalized spacial score (nSPS) is 11.5. The summed E-state index contributed by atoms with van der Waals surface area (Å²) in [4.78, 5) is 0.155. The molecular weight excluding hydrogens is 276 g/mol. The first kappa shape index (κ1) is 14.3. The SMILES string of the molecule is Cc1ccc(CN(C)S(=O)(=O)c2ccc(C#N)cc2)o1. The summed E-state index contributed by atoms with van der Waals surface area (Å²) in [5.74, 6) is 1.33. The summed E-state index contributed by atoms with van der Waals surface area (Å²) in [5.41, 5.74) is 0.424. The highest BCUT2D eigenvalue weighted by Gasteiger charge is 2.21. The van der Waals surface area contributed by atoms with E-state index in [0.717, 1.165) is 5.76 Å². The van der Waals surface area contributed by atoms with Crippen molar-refractivity contribution in [3.63, 3.8) is 0 Å². The monoisotopic (exact) mass is 290 g/mol. The van der Waals surface area contributed by atoms with Crippen molar-refractivity contribution >= 4 is 10.0 Å². The molecule has 1 heterocycles. The molecule has 0 saturated carbocycles. The van der Waals surface area contributed by atoms with Gasteiger partial charge in [-0.1, -0.05) is 0 Å². The Bertz CT molecular complexity index is 739. The fourth-order valence-corrected chi connectivity index (χ4v) is 2.89. The van der Waals surface area contributed by atoms with Gasteiger partial charge in [-0.05, 0) is 43.3 Å². The van der Waals surface area contributed by atoms with Crippen LogP contribution in [0.15, 0.2) is 45.7 Å². The smallest absolute Gasteiger partial charge is 0.243 e. The number of rotatable bonds is 4. The van der Waals surface area contributed by atoms with E-state index < -0.39 is 10.0 Å². The molecule has 0 unspecified atom stereocenters. The molecule has 0 aliphatic heterocycles. The maximum absolute atomic E-state index is 12.3. The Hall–Kier alpha value is -2.10. The lowest BCUT2D eigenvalue weighted by molar-refractivity contribution is 0.397. The van der Waals surface area contributed by atoms with E-state index in [1.807, 2.05) is 6.07 Å². The Morgan fingerprint density at radius 1 is 1.20 bits per heavy atom. The highest BCUT2D eigenvalue weighted by molar-refractivity contribution is 7.89. The molecule has 1 aromatic heterocycles. The lowest BCUT2D eigenvalue weighted by Crippen LogP contribution is -2.26. The Morgan fingerprint density at radius 3 is 2.35 bits per heavy atom. The van der Waals surface area contributed by atoms with Gasteiger partial charge in [0.05, 0.1) is 23.1 Å². The Kier molecular flexibility index (Phi) is 3.93. The van der Waals surface area contributed by atoms with Crippen LogP contribution in [0.25, 0.3) is 0 Å². The molecule has 0 bridgehead atoms. The van der Waals surface area contributed by atoms with Gasteiger partial charge in [-0.3, -0.25) is 0 Å². The number of sulfonamides is 1. The van der Waals surface area contributed by atoms with Gasteiger partial charge >= 0.3 is 0 Å². The molecule has 0 aliphatic carbocycles. The van der Waals surface area contributed by atoms with Crippen molar-refractivity contribution in [3.05, 3.63) is 53.5 Å². The van der Waals surface area contributed by atoms with Gasteiger partial charge in [0.1, 0.15) is 11.5 Å². The standard InChI is InChI=1S/C14H14N2O3S/c1-11-3-6-13(19-11)10-16(2)20(17,18)14-7-4-12(9-15)5-8-14/h3-8H,10H2,1-2H3. The predicted octanol–water partition coefficient (Wildman–Crippen LogP) is 2.28. The summed E-state index contributed by atoms with van der Waals surface area (Å²) < 4.78 is 31.3. The molecule has 0 amide bonds. The lowest BCUT2D eigenvalue weighted by atomic mass is 10.2. The van der Waals surface area contributed by atoms with E-state index >= 15 is 0 Å². The summed E-state index contributed by atoms with van der Waals surface area (Å²) in [6, 6.07) is 11.3. The van der Waals surface area contributed by atoms with Crippen LogP contribution in [0.1, 0.15) is 17.1 Å². The van der Waals surface area contributed by atoms with Crippen LogP contribution in [-0.2, 0) is 16.6 Å². The number of hydrogen-bond donors (Lipinski definition) is 0. The van der Waals surface area contributed by atoms with Gasteiger partial charge < -0.3 is 4.42 Å². The van der Waals surface area contributed by atoms with Crippen molar-refractivity contribution in [1.82, 2.24) is 4.31 Å². The summed E-state index contributed by atoms with van der Waals surface area (Å²) in [6.07, 6.45) is 0. The van der Waals surface area contributed by atoms with Gasteiger partial charge in [-0.15, -0.1) is 0 Å². The highest BCUT2D eigenvalue weighted by Crippen LogP contribution is 2.18. The number of nitriles is 1. The topological polar surface area (TPSA) is 74.3 Å². The van der Waals surface area contributed by atoms with Crippen molar-refractivity contribution in [2.24, 2.45) is 0 Å². The van der Waals surface area contributed by atoms with Gasteiger partial charge in [0, 0.05) is 7.05 Å². The number of aryl methyl sites for hydroxylation is 1. The average Bonchev–Trinajstić information content (AvgIpc) is 2.84. The molecule has 0 N–H and O–H groups in total. The van der Waals surface area contributed by atoms with Crippen LogP contribution in [0.3, 0.4) is 0 Å². The maximum atomic E-state index is 12.3. The van der Waals surface area contributed by atoms with Gasteiger partial charge in [0.15, 0.2) is 0 Å². The first-order valence-corrected chi connectivity index (χ1v) is 7.39. The average molecular weight is 290 g/mol. The van der Waals surface area contributed by atoms with Crippen molar-refractivity contribution < 1.29 is 12.8 Å². The van der Waals surface area contributed by atoms with Crippen LogP contribution in [0, 0.1) is 18.3 Å². The molecule has 0 fully saturated rings. The molecule has 0 aliphatic rings. The largest absolute Gasteiger partial charge is 0.465 e. The molecule has 5 nitrogen and oxygen atoms in total. The van der Waals surface area contributed by atoms with Crippen LogP contribution in [0.5, 0.6) is 0 Å². The molecule has 104 valence electrons. The zero-order valence-corrected chi connectivity index (χ0v) is 12.0. The molecule has 0 spiro atoms. The molecule has 1 aromatic carbocycles. The minimum absolute atomic E-state index is 0.155. The number of hydrogen-bond acceptors (Lipinski definition) is 4. The van der Waals surface area contributed by atoms with Gasteiger partial charge in [0.2, 0.25) is 10.0 Å². The third-order valence-electron chi connectivity index (χ3n) is 2.87. The lowest BCUT2D eigenvalue weighted by Gasteiger charge is -2.15. The quantitative estimate of drug-likeness (QED) is 0.865. The van der Waals surface area contributed by atoms with E-state index in [1.165, 1.54) is 35.6 Å². The maximum Gasteiger partial charge on any atom is 0.243 e. The van der Waals surface area contributed by atoms with Crippen LogP contribution < -0.4 is 0 Å². The molecule has 6 heteroatoms. The number of furan rings is 1. The molecule has 2 rings (SSSR count). The molecule has 20 heavy (non-hydrogen) atoms. The Morgan fingerprint density at radius 2 is 1.85 bits per heavy atom. The van der Waals surface area contributed by atoms with Crippen LogP contribution in [-0.4, -0.2) is 19.8 Å². The van der Waals surface area contributed by atoms with E-state index in [2.05, 4.69) is 0 Å². The third-order valence-corrected chi connectivity index (χ3v) is 4.68. The molecule has 0 saturated heterocycles. The zero-order chi connectivity index (χ0) is 14.8. The fraction of sp³-hybridized carbons (Fsp3) is 0.214. The van der Waals surface area contributed by atoms with Crippen molar-refractivity contribution in [3.8, 4) is 6.07 Å². The highest BCUT2D eigenvalue weighted by atomic mass is 32.2.